The zero-order chi connectivity index (χ0) is 26.4. The van der Waals surface area contributed by atoms with E-state index in [1.165, 1.54) is 7.11 Å². The van der Waals surface area contributed by atoms with Gasteiger partial charge in [0.25, 0.3) is 11.8 Å². The van der Waals surface area contributed by atoms with Crippen LogP contribution in [0.15, 0.2) is 72.8 Å². The first-order valence-electron chi connectivity index (χ1n) is 11.6. The topological polar surface area (TPSA) is 91.0 Å². The minimum absolute atomic E-state index is 0.00859. The van der Waals surface area contributed by atoms with Crippen molar-refractivity contribution < 1.29 is 19.1 Å². The van der Waals surface area contributed by atoms with Crippen LogP contribution in [0.4, 0.5) is 11.4 Å². The first-order valence-corrected chi connectivity index (χ1v) is 12.3. The second kappa shape index (κ2) is 11.9. The molecular weight excluding hydrogens is 512 g/mol. The highest BCUT2D eigenvalue weighted by Crippen LogP contribution is 2.29. The van der Waals surface area contributed by atoms with Crippen LogP contribution < -0.4 is 15.5 Å². The van der Waals surface area contributed by atoms with Gasteiger partial charge in [0.2, 0.25) is 0 Å². The van der Waals surface area contributed by atoms with Crippen molar-refractivity contribution in [1.82, 2.24) is 10.2 Å². The standard InChI is InChI=1S/C27H25ClN4O4S/c1-36-26(35)20-9-12-23(31-13-15-32(16-14-31)25(34)19-5-3-2-4-6-19)22(17-20)29-27(37)30-24(33)18-7-10-21(28)11-8-18/h2-12,17H,13-16H2,1H3,(H2,29,30,33,37). The Morgan fingerprint density at radius 3 is 2.16 bits per heavy atom. The van der Waals surface area contributed by atoms with Crippen LogP contribution in [0.1, 0.15) is 31.1 Å². The summed E-state index contributed by atoms with van der Waals surface area (Å²) >= 11 is 11.3. The second-order valence-electron chi connectivity index (χ2n) is 8.28. The van der Waals surface area contributed by atoms with Crippen molar-refractivity contribution in [3.8, 4) is 0 Å². The molecule has 3 aromatic carbocycles. The van der Waals surface area contributed by atoms with Gasteiger partial charge in [-0.1, -0.05) is 29.8 Å². The van der Waals surface area contributed by atoms with Crippen molar-refractivity contribution in [2.75, 3.05) is 43.5 Å². The van der Waals surface area contributed by atoms with Crippen LogP contribution in [0.5, 0.6) is 0 Å². The number of carbonyl (C=O) groups is 3. The lowest BCUT2D eigenvalue weighted by Gasteiger charge is -2.37. The number of methoxy groups -OCH3 is 1. The van der Waals surface area contributed by atoms with Gasteiger partial charge in [-0.3, -0.25) is 14.9 Å². The summed E-state index contributed by atoms with van der Waals surface area (Å²) in [7, 11) is 1.31. The summed E-state index contributed by atoms with van der Waals surface area (Å²) in [6.45, 7) is 2.22. The highest BCUT2D eigenvalue weighted by atomic mass is 35.5. The molecule has 2 N–H and O–H groups in total. The molecule has 10 heteroatoms. The van der Waals surface area contributed by atoms with Gasteiger partial charge in [0.05, 0.1) is 24.0 Å². The molecule has 1 heterocycles. The number of rotatable bonds is 5. The lowest BCUT2D eigenvalue weighted by molar-refractivity contribution is 0.0600. The van der Waals surface area contributed by atoms with E-state index in [4.69, 9.17) is 28.6 Å². The lowest BCUT2D eigenvalue weighted by atomic mass is 10.1. The summed E-state index contributed by atoms with van der Waals surface area (Å²) in [5.41, 5.74) is 2.70. The molecule has 0 saturated carbocycles. The summed E-state index contributed by atoms with van der Waals surface area (Å²) in [4.78, 5) is 41.5. The number of benzene rings is 3. The molecule has 0 bridgehead atoms. The number of halogens is 1. The van der Waals surface area contributed by atoms with E-state index in [0.29, 0.717) is 53.6 Å². The Morgan fingerprint density at radius 2 is 1.51 bits per heavy atom. The number of carbonyl (C=O) groups excluding carboxylic acids is 3. The predicted octanol–water partition coefficient (Wildman–Crippen LogP) is 4.22. The van der Waals surface area contributed by atoms with Gasteiger partial charge in [-0.25, -0.2) is 4.79 Å². The molecule has 3 aromatic rings. The van der Waals surface area contributed by atoms with E-state index < -0.39 is 11.9 Å². The van der Waals surface area contributed by atoms with Gasteiger partial charge in [-0.2, -0.15) is 0 Å². The van der Waals surface area contributed by atoms with E-state index in [9.17, 15) is 14.4 Å². The van der Waals surface area contributed by atoms with Gasteiger partial charge in [-0.15, -0.1) is 0 Å². The number of piperazine rings is 1. The third-order valence-electron chi connectivity index (χ3n) is 5.93. The van der Waals surface area contributed by atoms with Crippen LogP contribution >= 0.6 is 23.8 Å². The first-order chi connectivity index (χ1) is 17.9. The van der Waals surface area contributed by atoms with Gasteiger partial charge in [0, 0.05) is 42.3 Å². The van der Waals surface area contributed by atoms with Crippen LogP contribution in [0.3, 0.4) is 0 Å². The maximum atomic E-state index is 12.8. The zero-order valence-corrected chi connectivity index (χ0v) is 21.6. The van der Waals surface area contributed by atoms with Crippen LogP contribution in [-0.2, 0) is 4.74 Å². The molecule has 0 atom stereocenters. The third kappa shape index (κ3) is 6.44. The number of esters is 1. The Kier molecular flexibility index (Phi) is 8.37. The minimum atomic E-state index is -0.496. The molecule has 1 fully saturated rings. The van der Waals surface area contributed by atoms with Crippen LogP contribution in [0.2, 0.25) is 5.02 Å². The largest absolute Gasteiger partial charge is 0.465 e. The zero-order valence-electron chi connectivity index (χ0n) is 20.1. The van der Waals surface area contributed by atoms with Gasteiger partial charge in [0.1, 0.15) is 0 Å². The maximum Gasteiger partial charge on any atom is 0.337 e. The fourth-order valence-corrected chi connectivity index (χ4v) is 4.33. The van der Waals surface area contributed by atoms with Crippen molar-refractivity contribution in [1.29, 1.82) is 0 Å². The molecule has 0 aliphatic carbocycles. The summed E-state index contributed by atoms with van der Waals surface area (Å²) < 4.78 is 4.86. The van der Waals surface area contributed by atoms with Crippen molar-refractivity contribution >= 4 is 58.1 Å². The molecule has 0 radical (unpaired) electrons. The number of thiocarbonyl (C=S) groups is 1. The third-order valence-corrected chi connectivity index (χ3v) is 6.38. The molecule has 8 nitrogen and oxygen atoms in total. The second-order valence-corrected chi connectivity index (χ2v) is 9.13. The molecule has 1 aliphatic heterocycles. The quantitative estimate of drug-likeness (QED) is 0.373. The number of amides is 2. The molecule has 0 aromatic heterocycles. The Bertz CT molecular complexity index is 1310. The van der Waals surface area contributed by atoms with E-state index in [0.717, 1.165) is 5.69 Å². The van der Waals surface area contributed by atoms with Crippen molar-refractivity contribution in [3.05, 3.63) is 94.5 Å². The average Bonchev–Trinajstić information content (AvgIpc) is 2.93. The summed E-state index contributed by atoms with van der Waals surface area (Å²) in [6.07, 6.45) is 0. The smallest absolute Gasteiger partial charge is 0.337 e. The number of nitrogens with one attached hydrogen (secondary N) is 2. The number of nitrogens with zero attached hydrogens (tertiary/aromatic N) is 2. The Morgan fingerprint density at radius 1 is 0.865 bits per heavy atom. The van der Waals surface area contributed by atoms with Crippen LogP contribution in [0, 0.1) is 0 Å². The van der Waals surface area contributed by atoms with Crippen molar-refractivity contribution in [2.45, 2.75) is 0 Å². The van der Waals surface area contributed by atoms with E-state index in [2.05, 4.69) is 15.5 Å². The van der Waals surface area contributed by atoms with Gasteiger partial charge in [0.15, 0.2) is 5.11 Å². The summed E-state index contributed by atoms with van der Waals surface area (Å²) in [5, 5.41) is 6.28. The van der Waals surface area contributed by atoms with Crippen LogP contribution in [-0.4, -0.2) is 61.1 Å². The Labute approximate surface area is 225 Å². The van der Waals surface area contributed by atoms with Crippen molar-refractivity contribution in [2.24, 2.45) is 0 Å². The monoisotopic (exact) mass is 536 g/mol. The minimum Gasteiger partial charge on any atom is -0.465 e. The highest BCUT2D eigenvalue weighted by Gasteiger charge is 2.24. The SMILES string of the molecule is COC(=O)c1ccc(N2CCN(C(=O)c3ccccc3)CC2)c(NC(=S)NC(=O)c2ccc(Cl)cc2)c1. The number of ether oxygens (including phenoxy) is 1. The lowest BCUT2D eigenvalue weighted by Crippen LogP contribution is -2.49. The average molecular weight is 537 g/mol. The maximum absolute atomic E-state index is 12.8. The van der Waals surface area contributed by atoms with E-state index >= 15 is 0 Å². The van der Waals surface area contributed by atoms with Crippen LogP contribution in [0.25, 0.3) is 0 Å². The van der Waals surface area contributed by atoms with E-state index in [1.54, 1.807) is 42.5 Å². The fraction of sp³-hybridized carbons (Fsp3) is 0.185. The van der Waals surface area contributed by atoms with Gasteiger partial charge < -0.3 is 19.9 Å². The molecule has 37 heavy (non-hydrogen) atoms. The number of hydrogen-bond donors (Lipinski definition) is 2. The van der Waals surface area contributed by atoms with Gasteiger partial charge in [-0.05, 0) is 66.8 Å². The highest BCUT2D eigenvalue weighted by molar-refractivity contribution is 7.80. The number of hydrogen-bond acceptors (Lipinski definition) is 6. The first kappa shape index (κ1) is 26.1. The predicted molar refractivity (Wildman–Crippen MR) is 147 cm³/mol. The molecule has 1 saturated heterocycles. The van der Waals surface area contributed by atoms with Gasteiger partial charge >= 0.3 is 5.97 Å². The normalized spacial score (nSPS) is 13.0. The van der Waals surface area contributed by atoms with E-state index in [1.807, 2.05) is 35.2 Å². The summed E-state index contributed by atoms with van der Waals surface area (Å²) in [5.74, 6) is -0.900. The van der Waals surface area contributed by atoms with E-state index in [-0.39, 0.29) is 11.0 Å². The molecule has 0 spiro atoms. The Hall–Kier alpha value is -3.95. The molecular formula is C27H25ClN4O4S. The molecule has 0 unspecified atom stereocenters. The molecule has 190 valence electrons. The Balaban J connectivity index is 1.48. The summed E-state index contributed by atoms with van der Waals surface area (Å²) in [6, 6.07) is 20.7. The fourth-order valence-electron chi connectivity index (χ4n) is 4.00. The molecule has 1 aliphatic rings. The van der Waals surface area contributed by atoms with Crippen molar-refractivity contribution in [3.63, 3.8) is 0 Å². The molecule has 2 amide bonds. The number of anilines is 2. The molecule has 4 rings (SSSR count).